The van der Waals surface area contributed by atoms with E-state index < -0.39 is 0 Å². The Morgan fingerprint density at radius 1 is 1.36 bits per heavy atom. The van der Waals surface area contributed by atoms with Crippen LogP contribution in [0.2, 0.25) is 0 Å². The molecular formula is C10H16S. The molecule has 1 heterocycles. The Morgan fingerprint density at radius 2 is 2.09 bits per heavy atom. The molecule has 62 valence electrons. The molecular weight excluding hydrogens is 152 g/mol. The molecule has 0 atom stereocenters. The molecule has 0 N–H and O–H groups in total. The highest BCUT2D eigenvalue weighted by Gasteiger charge is 2.09. The van der Waals surface area contributed by atoms with Gasteiger partial charge in [-0.25, -0.2) is 0 Å². The molecule has 0 aliphatic rings. The predicted octanol–water partition coefficient (Wildman–Crippen LogP) is 3.73. The third-order valence-corrected chi connectivity index (χ3v) is 2.48. The minimum absolute atomic E-state index is 0.474. The minimum atomic E-state index is 0.474. The van der Waals surface area contributed by atoms with Gasteiger partial charge in [0.25, 0.3) is 0 Å². The van der Waals surface area contributed by atoms with Gasteiger partial charge in [0.2, 0.25) is 0 Å². The highest BCUT2D eigenvalue weighted by molar-refractivity contribution is 7.07. The van der Waals surface area contributed by atoms with Crippen molar-refractivity contribution in [1.29, 1.82) is 0 Å². The van der Waals surface area contributed by atoms with Gasteiger partial charge in [-0.15, -0.1) is 0 Å². The van der Waals surface area contributed by atoms with E-state index in [2.05, 4.69) is 37.6 Å². The van der Waals surface area contributed by atoms with Gasteiger partial charge in [0, 0.05) is 0 Å². The van der Waals surface area contributed by atoms with Crippen LogP contribution in [-0.4, -0.2) is 0 Å². The van der Waals surface area contributed by atoms with Gasteiger partial charge in [0.05, 0.1) is 0 Å². The third kappa shape index (κ3) is 3.57. The first-order valence-corrected chi connectivity index (χ1v) is 5.03. The monoisotopic (exact) mass is 168 g/mol. The molecule has 0 saturated heterocycles. The molecule has 0 aromatic carbocycles. The van der Waals surface area contributed by atoms with Crippen LogP contribution in [0.5, 0.6) is 0 Å². The molecule has 0 aliphatic carbocycles. The zero-order valence-electron chi connectivity index (χ0n) is 7.55. The van der Waals surface area contributed by atoms with Crippen molar-refractivity contribution in [3.05, 3.63) is 22.4 Å². The Kier molecular flexibility index (Phi) is 2.72. The molecule has 1 aromatic heterocycles. The molecule has 0 bridgehead atoms. The number of aryl methyl sites for hydroxylation is 1. The molecule has 0 saturated carbocycles. The second kappa shape index (κ2) is 3.40. The Labute approximate surface area is 73.3 Å². The van der Waals surface area contributed by atoms with Crippen LogP contribution in [0, 0.1) is 5.41 Å². The van der Waals surface area contributed by atoms with Crippen molar-refractivity contribution in [2.24, 2.45) is 5.41 Å². The molecule has 1 rings (SSSR count). The van der Waals surface area contributed by atoms with Gasteiger partial charge in [-0.3, -0.25) is 0 Å². The van der Waals surface area contributed by atoms with Crippen molar-refractivity contribution in [1.82, 2.24) is 0 Å². The maximum atomic E-state index is 2.29. The van der Waals surface area contributed by atoms with Crippen LogP contribution in [0.4, 0.5) is 0 Å². The summed E-state index contributed by atoms with van der Waals surface area (Å²) in [6.45, 7) is 6.87. The zero-order chi connectivity index (χ0) is 8.32. The summed E-state index contributed by atoms with van der Waals surface area (Å²) in [4.78, 5) is 0. The van der Waals surface area contributed by atoms with E-state index in [0.717, 1.165) is 0 Å². The highest BCUT2D eigenvalue weighted by atomic mass is 32.1. The molecule has 11 heavy (non-hydrogen) atoms. The van der Waals surface area contributed by atoms with Gasteiger partial charge in [0.1, 0.15) is 0 Å². The van der Waals surface area contributed by atoms with Crippen molar-refractivity contribution in [2.45, 2.75) is 33.6 Å². The summed E-state index contributed by atoms with van der Waals surface area (Å²) in [5.74, 6) is 0. The molecule has 1 heteroatoms. The van der Waals surface area contributed by atoms with Crippen molar-refractivity contribution >= 4 is 11.3 Å². The molecule has 0 spiro atoms. The predicted molar refractivity (Wildman–Crippen MR) is 52.1 cm³/mol. The Morgan fingerprint density at radius 3 is 2.55 bits per heavy atom. The summed E-state index contributed by atoms with van der Waals surface area (Å²) in [6, 6.07) is 2.22. The smallest absolute Gasteiger partial charge is 0.00613 e. The van der Waals surface area contributed by atoms with E-state index in [4.69, 9.17) is 0 Å². The maximum Gasteiger partial charge on any atom is -0.00613 e. The van der Waals surface area contributed by atoms with E-state index in [1.54, 1.807) is 11.3 Å². The van der Waals surface area contributed by atoms with Crippen LogP contribution in [0.15, 0.2) is 16.8 Å². The van der Waals surface area contributed by atoms with Gasteiger partial charge in [0.15, 0.2) is 0 Å². The van der Waals surface area contributed by atoms with Crippen LogP contribution in [0.3, 0.4) is 0 Å². The fourth-order valence-corrected chi connectivity index (χ4v) is 1.66. The van der Waals surface area contributed by atoms with Gasteiger partial charge in [-0.1, -0.05) is 20.8 Å². The van der Waals surface area contributed by atoms with E-state index in [1.165, 1.54) is 18.4 Å². The SMILES string of the molecule is CC(C)(C)CCc1ccsc1. The fourth-order valence-electron chi connectivity index (χ4n) is 0.954. The number of thiophene rings is 1. The van der Waals surface area contributed by atoms with E-state index >= 15 is 0 Å². The quantitative estimate of drug-likeness (QED) is 0.631. The van der Waals surface area contributed by atoms with Crippen molar-refractivity contribution in [3.8, 4) is 0 Å². The second-order valence-electron chi connectivity index (χ2n) is 4.19. The van der Waals surface area contributed by atoms with E-state index in [-0.39, 0.29) is 0 Å². The minimum Gasteiger partial charge on any atom is -0.152 e. The van der Waals surface area contributed by atoms with Crippen molar-refractivity contribution in [2.75, 3.05) is 0 Å². The van der Waals surface area contributed by atoms with Crippen LogP contribution in [-0.2, 0) is 6.42 Å². The number of rotatable bonds is 2. The molecule has 0 amide bonds. The first-order valence-electron chi connectivity index (χ1n) is 4.09. The molecule has 0 radical (unpaired) electrons. The Balaban J connectivity index is 2.35. The molecule has 0 fully saturated rings. The second-order valence-corrected chi connectivity index (χ2v) is 4.97. The van der Waals surface area contributed by atoms with Crippen LogP contribution < -0.4 is 0 Å². The first-order chi connectivity index (χ1) is 5.08. The number of hydrogen-bond donors (Lipinski definition) is 0. The molecule has 0 unspecified atom stereocenters. The first kappa shape index (κ1) is 8.79. The Bertz CT molecular complexity index is 191. The highest BCUT2D eigenvalue weighted by Crippen LogP contribution is 2.21. The summed E-state index contributed by atoms with van der Waals surface area (Å²) in [7, 11) is 0. The van der Waals surface area contributed by atoms with Gasteiger partial charge >= 0.3 is 0 Å². The summed E-state index contributed by atoms with van der Waals surface area (Å²) in [5.41, 5.74) is 1.96. The van der Waals surface area contributed by atoms with E-state index in [9.17, 15) is 0 Å². The van der Waals surface area contributed by atoms with E-state index in [0.29, 0.717) is 5.41 Å². The lowest BCUT2D eigenvalue weighted by Crippen LogP contribution is -2.05. The third-order valence-electron chi connectivity index (χ3n) is 1.74. The summed E-state index contributed by atoms with van der Waals surface area (Å²) >= 11 is 1.79. The topological polar surface area (TPSA) is 0 Å². The average Bonchev–Trinajstić information content (AvgIpc) is 2.32. The number of hydrogen-bond acceptors (Lipinski definition) is 1. The normalized spacial score (nSPS) is 11.9. The van der Waals surface area contributed by atoms with Gasteiger partial charge < -0.3 is 0 Å². The lowest BCUT2D eigenvalue weighted by Gasteiger charge is -2.16. The Hall–Kier alpha value is -0.300. The molecule has 0 aliphatic heterocycles. The lowest BCUT2D eigenvalue weighted by atomic mass is 9.89. The van der Waals surface area contributed by atoms with Gasteiger partial charge in [-0.2, -0.15) is 11.3 Å². The lowest BCUT2D eigenvalue weighted by molar-refractivity contribution is 0.378. The standard InChI is InChI=1S/C10H16S/c1-10(2,3)6-4-9-5-7-11-8-9/h5,7-8H,4,6H2,1-3H3. The van der Waals surface area contributed by atoms with Crippen LogP contribution in [0.25, 0.3) is 0 Å². The average molecular weight is 168 g/mol. The van der Waals surface area contributed by atoms with Crippen molar-refractivity contribution in [3.63, 3.8) is 0 Å². The van der Waals surface area contributed by atoms with Crippen molar-refractivity contribution < 1.29 is 0 Å². The van der Waals surface area contributed by atoms with Gasteiger partial charge in [-0.05, 0) is 40.6 Å². The maximum absolute atomic E-state index is 2.29. The van der Waals surface area contributed by atoms with E-state index in [1.807, 2.05) is 0 Å². The summed E-state index contributed by atoms with van der Waals surface area (Å²) in [5, 5.41) is 4.39. The molecule has 1 aromatic rings. The summed E-state index contributed by atoms with van der Waals surface area (Å²) < 4.78 is 0. The summed E-state index contributed by atoms with van der Waals surface area (Å²) in [6.07, 6.45) is 2.51. The molecule has 0 nitrogen and oxygen atoms in total. The van der Waals surface area contributed by atoms with Crippen LogP contribution in [0.1, 0.15) is 32.8 Å². The largest absolute Gasteiger partial charge is 0.152 e. The fraction of sp³-hybridized carbons (Fsp3) is 0.600. The zero-order valence-corrected chi connectivity index (χ0v) is 8.37. The van der Waals surface area contributed by atoms with Crippen LogP contribution >= 0.6 is 11.3 Å².